The van der Waals surface area contributed by atoms with Crippen LogP contribution in [-0.4, -0.2) is 15.7 Å². The van der Waals surface area contributed by atoms with Gasteiger partial charge in [0.15, 0.2) is 0 Å². The van der Waals surface area contributed by atoms with E-state index in [0.717, 1.165) is 34.3 Å². The molecule has 0 atom stereocenters. The average molecular weight is 362 g/mol. The van der Waals surface area contributed by atoms with Crippen molar-refractivity contribution in [3.05, 3.63) is 62.9 Å². The van der Waals surface area contributed by atoms with Crippen LogP contribution in [0, 0.1) is 0 Å². The summed E-state index contributed by atoms with van der Waals surface area (Å²) in [6, 6.07) is 11.1. The van der Waals surface area contributed by atoms with Crippen LogP contribution in [0.15, 0.2) is 41.8 Å². The van der Waals surface area contributed by atoms with E-state index in [9.17, 15) is 4.79 Å². The summed E-state index contributed by atoms with van der Waals surface area (Å²) >= 11 is 9.20. The third kappa shape index (κ3) is 2.78. The summed E-state index contributed by atoms with van der Waals surface area (Å²) in [7, 11) is 0. The van der Waals surface area contributed by atoms with E-state index in [-0.39, 0.29) is 5.91 Å². The maximum atomic E-state index is 12.4. The third-order valence-electron chi connectivity index (χ3n) is 3.60. The van der Waals surface area contributed by atoms with Gasteiger partial charge in [-0.3, -0.25) is 4.79 Å². The molecule has 23 heavy (non-hydrogen) atoms. The minimum Gasteiger partial charge on any atom is -0.305 e. The van der Waals surface area contributed by atoms with Crippen LogP contribution in [0.25, 0.3) is 5.69 Å². The number of fused-ring (bicyclic) bond motifs is 1. The number of hydrogen-bond acceptors (Lipinski definition) is 4. The molecule has 0 fully saturated rings. The molecule has 1 amide bonds. The van der Waals surface area contributed by atoms with E-state index in [0.29, 0.717) is 9.90 Å². The molecule has 4 rings (SSSR count). The minimum absolute atomic E-state index is 0.102. The molecule has 0 saturated carbocycles. The van der Waals surface area contributed by atoms with Gasteiger partial charge in [0.1, 0.15) is 5.82 Å². The Balaban J connectivity index is 1.75. The predicted molar refractivity (Wildman–Crippen MR) is 95.8 cm³/mol. The van der Waals surface area contributed by atoms with Crippen molar-refractivity contribution in [1.82, 2.24) is 9.78 Å². The maximum Gasteiger partial charge on any atom is 0.266 e. The number of anilines is 1. The number of nitrogens with one attached hydrogen (secondary N) is 1. The highest BCUT2D eigenvalue weighted by atomic mass is 35.5. The summed E-state index contributed by atoms with van der Waals surface area (Å²) in [5.41, 5.74) is 3.02. The lowest BCUT2D eigenvalue weighted by atomic mass is 10.2. The van der Waals surface area contributed by atoms with Crippen molar-refractivity contribution in [3.63, 3.8) is 0 Å². The molecule has 0 spiro atoms. The number of thioether (sulfide) groups is 1. The van der Waals surface area contributed by atoms with Crippen LogP contribution in [0.2, 0.25) is 5.02 Å². The molecule has 1 aliphatic heterocycles. The molecule has 1 aromatic carbocycles. The zero-order valence-corrected chi connectivity index (χ0v) is 14.3. The Kier molecular flexibility index (Phi) is 3.88. The fraction of sp³-hybridized carbons (Fsp3) is 0.125. The highest BCUT2D eigenvalue weighted by molar-refractivity contribution is 7.98. The second-order valence-electron chi connectivity index (χ2n) is 5.09. The summed E-state index contributed by atoms with van der Waals surface area (Å²) in [6.45, 7) is 0. The van der Waals surface area contributed by atoms with Gasteiger partial charge >= 0.3 is 0 Å². The number of benzene rings is 1. The number of nitrogens with zero attached hydrogens (tertiary/aromatic N) is 2. The Hall–Kier alpha value is -1.76. The van der Waals surface area contributed by atoms with Crippen LogP contribution in [0.5, 0.6) is 0 Å². The summed E-state index contributed by atoms with van der Waals surface area (Å²) in [4.78, 5) is 13.1. The van der Waals surface area contributed by atoms with E-state index in [1.165, 1.54) is 11.3 Å². The Labute approximate surface area is 146 Å². The number of amides is 1. The summed E-state index contributed by atoms with van der Waals surface area (Å²) in [5.74, 6) is 2.39. The predicted octanol–water partition coefficient (Wildman–Crippen LogP) is 4.59. The first-order chi connectivity index (χ1) is 11.2. The average Bonchev–Trinajstić information content (AvgIpc) is 3.26. The van der Waals surface area contributed by atoms with Gasteiger partial charge in [0.05, 0.1) is 16.3 Å². The normalized spacial score (nSPS) is 13.1. The lowest BCUT2D eigenvalue weighted by Crippen LogP contribution is -2.15. The number of hydrogen-bond donors (Lipinski definition) is 1. The van der Waals surface area contributed by atoms with Gasteiger partial charge in [0.2, 0.25) is 0 Å². The van der Waals surface area contributed by atoms with Crippen LogP contribution >= 0.6 is 34.7 Å². The largest absolute Gasteiger partial charge is 0.305 e. The molecule has 0 bridgehead atoms. The summed E-state index contributed by atoms with van der Waals surface area (Å²) < 4.78 is 1.80. The minimum atomic E-state index is -0.102. The van der Waals surface area contributed by atoms with Crippen LogP contribution in [-0.2, 0) is 11.5 Å². The second kappa shape index (κ2) is 6.03. The van der Waals surface area contributed by atoms with Crippen LogP contribution in [0.3, 0.4) is 0 Å². The zero-order valence-electron chi connectivity index (χ0n) is 12.0. The maximum absolute atomic E-state index is 12.4. The van der Waals surface area contributed by atoms with Crippen molar-refractivity contribution in [1.29, 1.82) is 0 Å². The lowest BCUT2D eigenvalue weighted by Gasteiger charge is -2.10. The first kappa shape index (κ1) is 14.8. The molecule has 0 unspecified atom stereocenters. The standard InChI is InChI=1S/C16H12ClN3OS2/c17-10-3-5-11(6-4-10)20-15(12-8-22-9-13(12)19-20)18-16(21)14-2-1-7-23-14/h1-7H,8-9H2,(H,18,21). The lowest BCUT2D eigenvalue weighted by molar-refractivity contribution is 0.102. The van der Waals surface area contributed by atoms with Gasteiger partial charge in [-0.15, -0.1) is 11.3 Å². The molecule has 4 nitrogen and oxygen atoms in total. The number of carbonyl (C=O) groups excluding carboxylic acids is 1. The smallest absolute Gasteiger partial charge is 0.266 e. The number of carbonyl (C=O) groups is 1. The Bertz CT molecular complexity index is 856. The summed E-state index contributed by atoms with van der Waals surface area (Å²) in [5, 5.41) is 10.3. The van der Waals surface area contributed by atoms with Crippen LogP contribution in [0.1, 0.15) is 20.9 Å². The Morgan fingerprint density at radius 2 is 2.04 bits per heavy atom. The first-order valence-corrected chi connectivity index (χ1v) is 9.43. The monoisotopic (exact) mass is 361 g/mol. The SMILES string of the molecule is O=C(Nc1c2c(nn1-c1ccc(Cl)cc1)CSC2)c1cccs1. The van der Waals surface area contributed by atoms with Gasteiger partial charge in [-0.05, 0) is 35.7 Å². The Morgan fingerprint density at radius 3 is 2.78 bits per heavy atom. The van der Waals surface area contributed by atoms with Crippen molar-refractivity contribution in [2.24, 2.45) is 0 Å². The van der Waals surface area contributed by atoms with Gasteiger partial charge in [0, 0.05) is 22.1 Å². The van der Waals surface area contributed by atoms with E-state index in [1.807, 2.05) is 53.5 Å². The second-order valence-corrected chi connectivity index (χ2v) is 7.46. The first-order valence-electron chi connectivity index (χ1n) is 7.01. The fourth-order valence-corrected chi connectivity index (χ4v) is 4.27. The fourth-order valence-electron chi connectivity index (χ4n) is 2.49. The Morgan fingerprint density at radius 1 is 1.22 bits per heavy atom. The van der Waals surface area contributed by atoms with Crippen LogP contribution in [0.4, 0.5) is 5.82 Å². The molecule has 7 heteroatoms. The molecule has 2 aromatic heterocycles. The molecule has 0 aliphatic carbocycles. The van der Waals surface area contributed by atoms with E-state index >= 15 is 0 Å². The number of aromatic nitrogens is 2. The van der Waals surface area contributed by atoms with Gasteiger partial charge < -0.3 is 5.32 Å². The van der Waals surface area contributed by atoms with E-state index in [1.54, 1.807) is 4.68 Å². The number of thiophene rings is 1. The molecule has 0 saturated heterocycles. The number of halogens is 1. The quantitative estimate of drug-likeness (QED) is 0.742. The molecule has 0 radical (unpaired) electrons. The molecular weight excluding hydrogens is 350 g/mol. The van der Waals surface area contributed by atoms with Crippen molar-refractivity contribution < 1.29 is 4.79 Å². The summed E-state index contributed by atoms with van der Waals surface area (Å²) in [6.07, 6.45) is 0. The molecule has 3 heterocycles. The highest BCUT2D eigenvalue weighted by Gasteiger charge is 2.25. The van der Waals surface area contributed by atoms with Crippen molar-refractivity contribution in [3.8, 4) is 5.69 Å². The van der Waals surface area contributed by atoms with Crippen molar-refractivity contribution in [2.45, 2.75) is 11.5 Å². The zero-order chi connectivity index (χ0) is 15.8. The van der Waals surface area contributed by atoms with Crippen molar-refractivity contribution >= 4 is 46.4 Å². The van der Waals surface area contributed by atoms with E-state index < -0.39 is 0 Å². The number of rotatable bonds is 3. The molecular formula is C16H12ClN3OS2. The molecule has 116 valence electrons. The van der Waals surface area contributed by atoms with Gasteiger partial charge in [-0.25, -0.2) is 4.68 Å². The molecule has 1 aliphatic rings. The highest BCUT2D eigenvalue weighted by Crippen LogP contribution is 2.36. The van der Waals surface area contributed by atoms with E-state index in [2.05, 4.69) is 10.4 Å². The molecule has 1 N–H and O–H groups in total. The van der Waals surface area contributed by atoms with Gasteiger partial charge in [0.25, 0.3) is 5.91 Å². The van der Waals surface area contributed by atoms with Gasteiger partial charge in [-0.2, -0.15) is 16.9 Å². The van der Waals surface area contributed by atoms with Crippen molar-refractivity contribution in [2.75, 3.05) is 5.32 Å². The van der Waals surface area contributed by atoms with Gasteiger partial charge in [-0.1, -0.05) is 17.7 Å². The molecule has 3 aromatic rings. The van der Waals surface area contributed by atoms with Crippen LogP contribution < -0.4 is 5.32 Å². The van der Waals surface area contributed by atoms with E-state index in [4.69, 9.17) is 11.6 Å². The third-order valence-corrected chi connectivity index (χ3v) is 5.69. The topological polar surface area (TPSA) is 46.9 Å².